The minimum atomic E-state index is -1.05. The molecule has 0 bridgehead atoms. The van der Waals surface area contributed by atoms with Crippen molar-refractivity contribution in [1.82, 2.24) is 0 Å². The lowest BCUT2D eigenvalue weighted by Gasteiger charge is -2.27. The Balaban J connectivity index is -0.000000214. The van der Waals surface area contributed by atoms with Gasteiger partial charge >= 0.3 is 29.8 Å². The molecular formula is C36H72O21S4. The number of aliphatic hydroxyl groups excluding tert-OH is 10. The van der Waals surface area contributed by atoms with E-state index < -0.39 is 66.3 Å². The van der Waals surface area contributed by atoms with E-state index in [1.165, 1.54) is 47.0 Å². The minimum Gasteiger partial charge on any atom is -0.481 e. The zero-order valence-corrected chi connectivity index (χ0v) is 38.0. The molecule has 25 heteroatoms. The van der Waals surface area contributed by atoms with Crippen molar-refractivity contribution >= 4 is 76.9 Å². The molecule has 4 unspecified atom stereocenters. The summed E-state index contributed by atoms with van der Waals surface area (Å²) in [6.45, 7) is 0.121. The van der Waals surface area contributed by atoms with Crippen LogP contribution >= 0.6 is 47.0 Å². The molecule has 0 saturated heterocycles. The maximum absolute atomic E-state index is 10.1. The Labute approximate surface area is 374 Å². The first kappa shape index (κ1) is 68.4. The van der Waals surface area contributed by atoms with Gasteiger partial charge < -0.3 is 81.3 Å². The maximum atomic E-state index is 10.1. The molecule has 15 N–H and O–H groups in total. The predicted octanol–water partition coefficient (Wildman–Crippen LogP) is -0.781. The van der Waals surface area contributed by atoms with Gasteiger partial charge in [-0.3, -0.25) is 19.2 Å². The van der Waals surface area contributed by atoms with Crippen molar-refractivity contribution in [2.24, 2.45) is 5.41 Å². The summed E-state index contributed by atoms with van der Waals surface area (Å²) in [6, 6.07) is 0. The molecule has 0 rings (SSSR count). The molecule has 21 nitrogen and oxygen atoms in total. The number of rotatable bonds is 35. The molecule has 0 aliphatic carbocycles. The molecule has 366 valence electrons. The molecule has 61 heavy (non-hydrogen) atoms. The van der Waals surface area contributed by atoms with Crippen molar-refractivity contribution < 1.29 is 105 Å². The van der Waals surface area contributed by atoms with E-state index in [0.29, 0.717) is 78.1 Å². The molecule has 0 aliphatic rings. The van der Waals surface area contributed by atoms with Crippen LogP contribution in [0.15, 0.2) is 0 Å². The van der Waals surface area contributed by atoms with E-state index in [4.69, 9.17) is 81.3 Å². The van der Waals surface area contributed by atoms with Crippen LogP contribution in [0.2, 0.25) is 0 Å². The summed E-state index contributed by atoms with van der Waals surface area (Å²) in [5.74, 6) is 0.492. The average Bonchev–Trinajstić information content (AvgIpc) is 3.22. The highest BCUT2D eigenvalue weighted by molar-refractivity contribution is 7.99. The highest BCUT2D eigenvalue weighted by Crippen LogP contribution is 2.20. The number of aliphatic carboxylic acids is 5. The Hall–Kier alpha value is -1.69. The van der Waals surface area contributed by atoms with Crippen molar-refractivity contribution in [3.63, 3.8) is 0 Å². The van der Waals surface area contributed by atoms with Crippen LogP contribution in [0.1, 0.15) is 64.7 Å². The zero-order valence-electron chi connectivity index (χ0n) is 34.8. The van der Waals surface area contributed by atoms with Crippen LogP contribution in [0.4, 0.5) is 0 Å². The summed E-state index contributed by atoms with van der Waals surface area (Å²) < 4.78 is 4.81. The lowest BCUT2D eigenvalue weighted by atomic mass is 9.88. The Morgan fingerprint density at radius 2 is 0.705 bits per heavy atom. The zero-order chi connectivity index (χ0) is 47.9. The third kappa shape index (κ3) is 62.7. The Morgan fingerprint density at radius 3 is 0.869 bits per heavy atom. The number of thioether (sulfide) groups is 4. The van der Waals surface area contributed by atoms with E-state index in [9.17, 15) is 24.0 Å². The summed E-state index contributed by atoms with van der Waals surface area (Å²) in [5, 5.41) is 128. The van der Waals surface area contributed by atoms with E-state index in [2.05, 4.69) is 0 Å². The molecule has 0 fully saturated rings. The second-order valence-corrected chi connectivity index (χ2v) is 17.3. The second-order valence-electron chi connectivity index (χ2n) is 12.7. The fourth-order valence-corrected chi connectivity index (χ4v) is 6.78. The molecule has 0 amide bonds. The monoisotopic (exact) mass is 968 g/mol. The molecule has 0 saturated carbocycles. The van der Waals surface area contributed by atoms with Gasteiger partial charge in [-0.05, 0) is 55.1 Å². The molecule has 0 spiro atoms. The topological polar surface area (TPSA) is 398 Å². The lowest BCUT2D eigenvalue weighted by molar-refractivity contribution is -0.145. The molecular weight excluding hydrogens is 897 g/mol. The molecule has 0 aromatic carbocycles. The highest BCUT2D eigenvalue weighted by atomic mass is 32.2. The van der Waals surface area contributed by atoms with Crippen LogP contribution < -0.4 is 0 Å². The normalized spacial score (nSPS) is 12.6. The van der Waals surface area contributed by atoms with E-state index in [0.717, 1.165) is 0 Å². The molecule has 0 aromatic heterocycles. The summed E-state index contributed by atoms with van der Waals surface area (Å²) in [4.78, 5) is 50.3. The SMILES string of the molecule is CCC(CO)(CO)COCC(=O)O.O=C(O)CCCSCC(O)CO.O=C(O)CCCSCC(O)CO.O=C(O)CCCSCC(O)CO.O=C(O)CCCSCC(O)CO. The van der Waals surface area contributed by atoms with Gasteiger partial charge in [0.15, 0.2) is 0 Å². The summed E-state index contributed by atoms with van der Waals surface area (Å²) in [5.41, 5.74) is -0.713. The van der Waals surface area contributed by atoms with E-state index >= 15 is 0 Å². The van der Waals surface area contributed by atoms with Crippen molar-refractivity contribution in [1.29, 1.82) is 0 Å². The minimum absolute atomic E-state index is 0.0583. The second kappa shape index (κ2) is 50.9. The van der Waals surface area contributed by atoms with E-state index in [-0.39, 0.29) is 71.9 Å². The molecule has 0 aliphatic heterocycles. The van der Waals surface area contributed by atoms with Gasteiger partial charge in [0.2, 0.25) is 0 Å². The maximum Gasteiger partial charge on any atom is 0.329 e. The van der Waals surface area contributed by atoms with Gasteiger partial charge in [0.25, 0.3) is 0 Å². The van der Waals surface area contributed by atoms with Crippen molar-refractivity contribution in [3.8, 4) is 0 Å². The number of hydrogen-bond donors (Lipinski definition) is 15. The van der Waals surface area contributed by atoms with Gasteiger partial charge in [-0.15, -0.1) is 0 Å². The van der Waals surface area contributed by atoms with Crippen molar-refractivity contribution in [2.75, 3.05) is 98.9 Å². The van der Waals surface area contributed by atoms with Crippen molar-refractivity contribution in [3.05, 3.63) is 0 Å². The Morgan fingerprint density at radius 1 is 0.459 bits per heavy atom. The molecule has 0 heterocycles. The largest absolute Gasteiger partial charge is 0.481 e. The smallest absolute Gasteiger partial charge is 0.329 e. The molecule has 0 aromatic rings. The molecule has 4 atom stereocenters. The molecule has 0 radical (unpaired) electrons. The van der Waals surface area contributed by atoms with Gasteiger partial charge in [0, 0.05) is 54.1 Å². The summed E-state index contributed by atoms with van der Waals surface area (Å²) in [7, 11) is 0. The Kier molecular flexibility index (Phi) is 57.1. The first-order valence-electron chi connectivity index (χ1n) is 19.1. The van der Waals surface area contributed by atoms with Crippen LogP contribution in [0.3, 0.4) is 0 Å². The average molecular weight is 969 g/mol. The van der Waals surface area contributed by atoms with Crippen LogP contribution in [0, 0.1) is 5.41 Å². The van der Waals surface area contributed by atoms with Gasteiger partial charge in [0.1, 0.15) is 6.61 Å². The van der Waals surface area contributed by atoms with Gasteiger partial charge in [-0.1, -0.05) is 6.92 Å². The Bertz CT molecular complexity index is 902. The third-order valence-corrected chi connectivity index (χ3v) is 11.6. The van der Waals surface area contributed by atoms with Gasteiger partial charge in [-0.25, -0.2) is 4.79 Å². The van der Waals surface area contributed by atoms with Gasteiger partial charge in [0.05, 0.1) is 70.7 Å². The number of carboxylic acid groups (broad SMARTS) is 5. The fourth-order valence-electron chi connectivity index (χ4n) is 3.21. The number of aliphatic hydroxyl groups is 10. The van der Waals surface area contributed by atoms with E-state index in [1.54, 1.807) is 6.92 Å². The first-order chi connectivity index (χ1) is 28.8. The van der Waals surface area contributed by atoms with Crippen LogP contribution in [0.25, 0.3) is 0 Å². The van der Waals surface area contributed by atoms with Crippen LogP contribution in [-0.2, 0) is 28.7 Å². The lowest BCUT2D eigenvalue weighted by Crippen LogP contribution is -2.35. The summed E-state index contributed by atoms with van der Waals surface area (Å²) >= 11 is 5.82. The highest BCUT2D eigenvalue weighted by Gasteiger charge is 2.27. The first-order valence-corrected chi connectivity index (χ1v) is 23.7. The third-order valence-electron chi connectivity index (χ3n) is 6.86. The standard InChI is InChI=1S/C8H16O5.4C7H14O4S/c1-2-8(4-9,5-10)6-13-3-7(11)12;4*8-4-6(9)5-12-3-1-2-7(10)11/h9-10H,2-6H2,1H3,(H,11,12);4*6,8-9H,1-5H2,(H,10,11). The number of hydrogen-bond acceptors (Lipinski definition) is 20. The summed E-state index contributed by atoms with van der Waals surface area (Å²) in [6.07, 6.45) is 0.931. The number of carbonyl (C=O) groups is 5. The predicted molar refractivity (Wildman–Crippen MR) is 234 cm³/mol. The van der Waals surface area contributed by atoms with Crippen LogP contribution in [-0.4, -0.2) is 230 Å². The fraction of sp³-hybridized carbons (Fsp3) is 0.861. The quantitative estimate of drug-likeness (QED) is 0.0346. The van der Waals surface area contributed by atoms with Gasteiger partial charge in [-0.2, -0.15) is 47.0 Å². The number of carboxylic acids is 5. The van der Waals surface area contributed by atoms with E-state index in [1.807, 2.05) is 0 Å². The number of ether oxygens (including phenoxy) is 1. The van der Waals surface area contributed by atoms with Crippen molar-refractivity contribution in [2.45, 2.75) is 89.1 Å². The van der Waals surface area contributed by atoms with Crippen LogP contribution in [0.5, 0.6) is 0 Å².